The average molecular weight is 392 g/mol. The van der Waals surface area contributed by atoms with Crippen molar-refractivity contribution in [2.75, 3.05) is 12.4 Å². The van der Waals surface area contributed by atoms with Crippen molar-refractivity contribution in [2.45, 2.75) is 6.54 Å². The van der Waals surface area contributed by atoms with E-state index in [1.165, 1.54) is 13.2 Å². The predicted molar refractivity (Wildman–Crippen MR) is 84.4 cm³/mol. The zero-order valence-corrected chi connectivity index (χ0v) is 13.1. The van der Waals surface area contributed by atoms with E-state index in [0.29, 0.717) is 22.9 Å². The largest absolute Gasteiger partial charge is 0.497 e. The third-order valence-electron chi connectivity index (χ3n) is 2.66. The highest BCUT2D eigenvalue weighted by atomic mass is 127. The maximum atomic E-state index is 13.8. The molecule has 0 aromatic heterocycles. The summed E-state index contributed by atoms with van der Waals surface area (Å²) in [4.78, 5) is 0. The molecule has 0 atom stereocenters. The number of hydrogen-bond acceptors (Lipinski definition) is 2. The normalized spacial score (nSPS) is 10.3. The van der Waals surface area contributed by atoms with E-state index < -0.39 is 0 Å². The van der Waals surface area contributed by atoms with Gasteiger partial charge in [0.1, 0.15) is 11.6 Å². The third-order valence-corrected chi connectivity index (χ3v) is 3.79. The van der Waals surface area contributed by atoms with Gasteiger partial charge in [-0.25, -0.2) is 4.39 Å². The number of rotatable bonds is 4. The van der Waals surface area contributed by atoms with E-state index in [4.69, 9.17) is 16.3 Å². The first kappa shape index (κ1) is 14.4. The summed E-state index contributed by atoms with van der Waals surface area (Å²) in [6, 6.07) is 10.4. The van der Waals surface area contributed by atoms with E-state index in [1.807, 2.05) is 12.1 Å². The van der Waals surface area contributed by atoms with Gasteiger partial charge in [-0.15, -0.1) is 0 Å². The Balaban J connectivity index is 2.10. The van der Waals surface area contributed by atoms with Crippen molar-refractivity contribution in [3.8, 4) is 5.75 Å². The number of benzene rings is 2. The van der Waals surface area contributed by atoms with Crippen LogP contribution >= 0.6 is 34.2 Å². The Hall–Kier alpha value is -1.01. The lowest BCUT2D eigenvalue weighted by atomic mass is 10.2. The molecule has 0 aliphatic rings. The van der Waals surface area contributed by atoms with Crippen LogP contribution in [0.5, 0.6) is 5.75 Å². The number of nitrogens with one attached hydrogen (secondary N) is 1. The molecule has 0 saturated heterocycles. The van der Waals surface area contributed by atoms with Crippen LogP contribution in [0.2, 0.25) is 5.02 Å². The zero-order chi connectivity index (χ0) is 13.8. The molecule has 0 aliphatic carbocycles. The predicted octanol–water partition coefficient (Wildman–Crippen LogP) is 4.70. The Morgan fingerprint density at radius 1 is 1.26 bits per heavy atom. The van der Waals surface area contributed by atoms with Crippen LogP contribution in [0, 0.1) is 9.39 Å². The molecule has 0 aliphatic heterocycles. The number of anilines is 1. The van der Waals surface area contributed by atoms with E-state index in [2.05, 4.69) is 27.9 Å². The van der Waals surface area contributed by atoms with Gasteiger partial charge in [0, 0.05) is 32.5 Å². The first-order valence-electron chi connectivity index (χ1n) is 5.61. The number of hydrogen-bond donors (Lipinski definition) is 1. The summed E-state index contributed by atoms with van der Waals surface area (Å²) in [6.45, 7) is 0.410. The van der Waals surface area contributed by atoms with Gasteiger partial charge in [0.2, 0.25) is 0 Å². The van der Waals surface area contributed by atoms with Crippen molar-refractivity contribution >= 4 is 39.9 Å². The minimum atomic E-state index is -0.282. The zero-order valence-electron chi connectivity index (χ0n) is 10.2. The highest BCUT2D eigenvalue weighted by Crippen LogP contribution is 2.23. The second kappa shape index (κ2) is 6.43. The van der Waals surface area contributed by atoms with Crippen LogP contribution in [-0.2, 0) is 6.54 Å². The molecule has 2 aromatic rings. The second-order valence-electron chi connectivity index (χ2n) is 3.94. The molecule has 2 nitrogen and oxygen atoms in total. The minimum Gasteiger partial charge on any atom is -0.497 e. The highest BCUT2D eigenvalue weighted by molar-refractivity contribution is 14.1. The molecule has 1 N–H and O–H groups in total. The van der Waals surface area contributed by atoms with Crippen LogP contribution in [0.25, 0.3) is 0 Å². The molecule has 5 heteroatoms. The van der Waals surface area contributed by atoms with E-state index in [9.17, 15) is 4.39 Å². The smallest absolute Gasteiger partial charge is 0.131 e. The number of ether oxygens (including phenoxy) is 1. The third kappa shape index (κ3) is 3.73. The van der Waals surface area contributed by atoms with Crippen molar-refractivity contribution < 1.29 is 9.13 Å². The van der Waals surface area contributed by atoms with Crippen molar-refractivity contribution in [3.05, 3.63) is 56.4 Å². The van der Waals surface area contributed by atoms with E-state index in [1.54, 1.807) is 18.2 Å². The molecule has 2 aromatic carbocycles. The molecule has 0 unspecified atom stereocenters. The lowest BCUT2D eigenvalue weighted by Crippen LogP contribution is -2.03. The van der Waals surface area contributed by atoms with Crippen LogP contribution in [-0.4, -0.2) is 7.11 Å². The van der Waals surface area contributed by atoms with Gasteiger partial charge in [0.15, 0.2) is 0 Å². The summed E-state index contributed by atoms with van der Waals surface area (Å²) >= 11 is 8.07. The molecule has 0 amide bonds. The quantitative estimate of drug-likeness (QED) is 0.763. The summed E-state index contributed by atoms with van der Waals surface area (Å²) in [5.74, 6) is 0.234. The van der Waals surface area contributed by atoms with Crippen molar-refractivity contribution in [2.24, 2.45) is 0 Å². The molecule has 0 heterocycles. The average Bonchev–Trinajstić information content (AvgIpc) is 2.39. The van der Waals surface area contributed by atoms with E-state index in [0.717, 1.165) is 9.26 Å². The van der Waals surface area contributed by atoms with Gasteiger partial charge in [0.05, 0.1) is 7.11 Å². The van der Waals surface area contributed by atoms with Crippen LogP contribution in [0.3, 0.4) is 0 Å². The Labute approximate surface area is 130 Å². The number of methoxy groups -OCH3 is 1. The molecular formula is C14H12ClFINO. The second-order valence-corrected chi connectivity index (χ2v) is 5.53. The fraction of sp³-hybridized carbons (Fsp3) is 0.143. The number of halogens is 3. The van der Waals surface area contributed by atoms with Gasteiger partial charge < -0.3 is 10.1 Å². The van der Waals surface area contributed by atoms with Crippen LogP contribution < -0.4 is 10.1 Å². The molecule has 19 heavy (non-hydrogen) atoms. The Morgan fingerprint density at radius 3 is 2.68 bits per heavy atom. The fourth-order valence-electron chi connectivity index (χ4n) is 1.62. The first-order valence-corrected chi connectivity index (χ1v) is 7.07. The van der Waals surface area contributed by atoms with Gasteiger partial charge in [0.25, 0.3) is 0 Å². The topological polar surface area (TPSA) is 21.3 Å². The first-order chi connectivity index (χ1) is 9.10. The van der Waals surface area contributed by atoms with E-state index in [-0.39, 0.29) is 5.82 Å². The standard InChI is InChI=1S/C14H12ClFINO/c1-19-11-4-2-9(12(16)7-11)8-18-14-5-3-10(15)6-13(14)17/h2-7,18H,8H2,1H3. The van der Waals surface area contributed by atoms with Gasteiger partial charge in [-0.2, -0.15) is 0 Å². The fourth-order valence-corrected chi connectivity index (χ4v) is 2.68. The summed E-state index contributed by atoms with van der Waals surface area (Å²) in [5.41, 5.74) is 1.52. The minimum absolute atomic E-state index is 0.282. The molecule has 0 bridgehead atoms. The summed E-state index contributed by atoms with van der Waals surface area (Å²) < 4.78 is 19.7. The van der Waals surface area contributed by atoms with Gasteiger partial charge in [-0.05, 0) is 46.9 Å². The Morgan fingerprint density at radius 2 is 2.05 bits per heavy atom. The van der Waals surface area contributed by atoms with Gasteiger partial charge in [-0.3, -0.25) is 0 Å². The molecule has 100 valence electrons. The highest BCUT2D eigenvalue weighted by Gasteiger charge is 2.05. The molecular weight excluding hydrogens is 380 g/mol. The lowest BCUT2D eigenvalue weighted by molar-refractivity contribution is 0.411. The SMILES string of the molecule is COc1ccc(CNc2ccc(Cl)cc2I)c(F)c1. The Bertz CT molecular complexity index is 592. The van der Waals surface area contributed by atoms with Crippen LogP contribution in [0.4, 0.5) is 10.1 Å². The summed E-state index contributed by atoms with van der Waals surface area (Å²) in [7, 11) is 1.52. The van der Waals surface area contributed by atoms with Crippen LogP contribution in [0.1, 0.15) is 5.56 Å². The van der Waals surface area contributed by atoms with Crippen molar-refractivity contribution in [1.29, 1.82) is 0 Å². The molecule has 0 radical (unpaired) electrons. The van der Waals surface area contributed by atoms with Crippen molar-refractivity contribution in [1.82, 2.24) is 0 Å². The van der Waals surface area contributed by atoms with Gasteiger partial charge in [-0.1, -0.05) is 17.7 Å². The Kier molecular flexibility index (Phi) is 4.87. The maximum absolute atomic E-state index is 13.8. The lowest BCUT2D eigenvalue weighted by Gasteiger charge is -2.10. The van der Waals surface area contributed by atoms with Gasteiger partial charge >= 0.3 is 0 Å². The van der Waals surface area contributed by atoms with Crippen molar-refractivity contribution in [3.63, 3.8) is 0 Å². The molecule has 0 spiro atoms. The maximum Gasteiger partial charge on any atom is 0.131 e. The van der Waals surface area contributed by atoms with E-state index >= 15 is 0 Å². The monoisotopic (exact) mass is 391 g/mol. The molecule has 2 rings (SSSR count). The summed E-state index contributed by atoms with van der Waals surface area (Å²) in [5, 5.41) is 3.87. The van der Waals surface area contributed by atoms with Crippen LogP contribution in [0.15, 0.2) is 36.4 Å². The molecule has 0 fully saturated rings. The summed E-state index contributed by atoms with van der Waals surface area (Å²) in [6.07, 6.45) is 0. The molecule has 0 saturated carbocycles.